The molecular weight excluding hydrogens is 344 g/mol. The summed E-state index contributed by atoms with van der Waals surface area (Å²) >= 11 is 0. The summed E-state index contributed by atoms with van der Waals surface area (Å²) < 4.78 is 10.8. The van der Waals surface area contributed by atoms with Gasteiger partial charge in [0, 0.05) is 11.1 Å². The molecule has 27 heavy (non-hydrogen) atoms. The third-order valence-corrected chi connectivity index (χ3v) is 3.95. The molecule has 0 aliphatic rings. The Hall–Kier alpha value is -3.54. The number of fused-ring (bicyclic) bond motifs is 1. The number of amides is 2. The van der Waals surface area contributed by atoms with E-state index in [0.717, 1.165) is 16.5 Å². The molecular formula is C21H20N2O4. The third kappa shape index (κ3) is 4.76. The Balaban J connectivity index is 1.46. The highest BCUT2D eigenvalue weighted by Crippen LogP contribution is 2.24. The van der Waals surface area contributed by atoms with Gasteiger partial charge in [-0.2, -0.15) is 0 Å². The Morgan fingerprint density at radius 2 is 1.63 bits per heavy atom. The number of carbonyl (C=O) groups is 2. The zero-order valence-electron chi connectivity index (χ0n) is 14.9. The van der Waals surface area contributed by atoms with Gasteiger partial charge in [-0.25, -0.2) is 0 Å². The molecule has 0 aliphatic carbocycles. The molecule has 3 rings (SSSR count). The average Bonchev–Trinajstić information content (AvgIpc) is 2.71. The Morgan fingerprint density at radius 1 is 0.889 bits per heavy atom. The van der Waals surface area contributed by atoms with Crippen LogP contribution in [0.4, 0.5) is 5.69 Å². The zero-order chi connectivity index (χ0) is 19.1. The highest BCUT2D eigenvalue weighted by molar-refractivity contribution is 6.39. The quantitative estimate of drug-likeness (QED) is 0.521. The summed E-state index contributed by atoms with van der Waals surface area (Å²) in [5, 5.41) is 7.16. The summed E-state index contributed by atoms with van der Waals surface area (Å²) in [5.74, 6) is -0.0364. The van der Waals surface area contributed by atoms with Crippen LogP contribution in [-0.4, -0.2) is 32.1 Å². The second kappa shape index (κ2) is 8.71. The van der Waals surface area contributed by atoms with Gasteiger partial charge < -0.3 is 20.1 Å². The van der Waals surface area contributed by atoms with Crippen LogP contribution < -0.4 is 20.1 Å². The number of ether oxygens (including phenoxy) is 2. The van der Waals surface area contributed by atoms with Gasteiger partial charge >= 0.3 is 11.8 Å². The molecule has 2 N–H and O–H groups in total. The van der Waals surface area contributed by atoms with Gasteiger partial charge in [0.1, 0.15) is 18.1 Å². The standard InChI is InChI=1S/C21H20N2O4/c1-26-17-11-9-16(10-12-17)23-21(25)20(24)22-13-14-27-19-8-4-6-15-5-2-3-7-18(15)19/h2-12H,13-14H2,1H3,(H,22,24)(H,23,25). The second-order valence-electron chi connectivity index (χ2n) is 5.76. The minimum Gasteiger partial charge on any atom is -0.497 e. The van der Waals surface area contributed by atoms with E-state index in [0.29, 0.717) is 11.4 Å². The molecule has 6 heteroatoms. The van der Waals surface area contributed by atoms with Crippen LogP contribution in [0.1, 0.15) is 0 Å². The van der Waals surface area contributed by atoms with Gasteiger partial charge in [-0.1, -0.05) is 36.4 Å². The SMILES string of the molecule is COc1ccc(NC(=O)C(=O)NCCOc2cccc3ccccc23)cc1. The fourth-order valence-electron chi connectivity index (χ4n) is 2.59. The van der Waals surface area contributed by atoms with Gasteiger partial charge in [-0.15, -0.1) is 0 Å². The number of methoxy groups -OCH3 is 1. The maximum atomic E-state index is 11.9. The van der Waals surface area contributed by atoms with E-state index in [9.17, 15) is 9.59 Å². The average molecular weight is 364 g/mol. The minimum atomic E-state index is -0.731. The van der Waals surface area contributed by atoms with Crippen molar-refractivity contribution in [2.75, 3.05) is 25.6 Å². The van der Waals surface area contributed by atoms with Gasteiger partial charge in [-0.05, 0) is 35.7 Å². The Kier molecular flexibility index (Phi) is 5.89. The number of carbonyl (C=O) groups excluding carboxylic acids is 2. The van der Waals surface area contributed by atoms with Gasteiger partial charge in [-0.3, -0.25) is 9.59 Å². The molecule has 6 nitrogen and oxygen atoms in total. The molecule has 0 unspecified atom stereocenters. The summed E-state index contributed by atoms with van der Waals surface area (Å²) in [7, 11) is 1.56. The first-order chi connectivity index (χ1) is 13.2. The van der Waals surface area contributed by atoms with Crippen LogP contribution in [0.2, 0.25) is 0 Å². The molecule has 138 valence electrons. The molecule has 0 heterocycles. The van der Waals surface area contributed by atoms with Crippen molar-refractivity contribution in [1.82, 2.24) is 5.32 Å². The summed E-state index contributed by atoms with van der Waals surface area (Å²) in [5.41, 5.74) is 0.517. The van der Waals surface area contributed by atoms with Crippen LogP contribution in [-0.2, 0) is 9.59 Å². The van der Waals surface area contributed by atoms with E-state index in [1.807, 2.05) is 42.5 Å². The van der Waals surface area contributed by atoms with Crippen LogP contribution >= 0.6 is 0 Å². The molecule has 0 fully saturated rings. The van der Waals surface area contributed by atoms with Gasteiger partial charge in [0.2, 0.25) is 0 Å². The van der Waals surface area contributed by atoms with Crippen LogP contribution in [0.5, 0.6) is 11.5 Å². The summed E-state index contributed by atoms with van der Waals surface area (Å²) in [6, 6.07) is 20.4. The smallest absolute Gasteiger partial charge is 0.313 e. The topological polar surface area (TPSA) is 76.7 Å². The Bertz CT molecular complexity index is 933. The zero-order valence-corrected chi connectivity index (χ0v) is 14.9. The van der Waals surface area contributed by atoms with Crippen LogP contribution in [0.25, 0.3) is 10.8 Å². The molecule has 0 radical (unpaired) electrons. The number of nitrogens with one attached hydrogen (secondary N) is 2. The largest absolute Gasteiger partial charge is 0.497 e. The minimum absolute atomic E-state index is 0.220. The van der Waals surface area contributed by atoms with Crippen molar-refractivity contribution in [3.63, 3.8) is 0 Å². The molecule has 2 amide bonds. The fraction of sp³-hybridized carbons (Fsp3) is 0.143. The van der Waals surface area contributed by atoms with Crippen molar-refractivity contribution in [3.05, 3.63) is 66.7 Å². The predicted octanol–water partition coefficient (Wildman–Crippen LogP) is 2.98. The lowest BCUT2D eigenvalue weighted by Crippen LogP contribution is -2.37. The molecule has 0 spiro atoms. The van der Waals surface area contributed by atoms with E-state index in [-0.39, 0.29) is 13.2 Å². The lowest BCUT2D eigenvalue weighted by atomic mass is 10.1. The first-order valence-electron chi connectivity index (χ1n) is 8.51. The normalized spacial score (nSPS) is 10.3. The highest BCUT2D eigenvalue weighted by atomic mass is 16.5. The highest BCUT2D eigenvalue weighted by Gasteiger charge is 2.13. The van der Waals surface area contributed by atoms with E-state index in [4.69, 9.17) is 9.47 Å². The number of anilines is 1. The number of rotatable bonds is 6. The van der Waals surface area contributed by atoms with Crippen molar-refractivity contribution in [1.29, 1.82) is 0 Å². The second-order valence-corrected chi connectivity index (χ2v) is 5.76. The summed E-state index contributed by atoms with van der Waals surface area (Å²) in [4.78, 5) is 23.8. The first kappa shape index (κ1) is 18.3. The van der Waals surface area contributed by atoms with Crippen molar-refractivity contribution in [2.45, 2.75) is 0 Å². The molecule has 3 aromatic rings. The van der Waals surface area contributed by atoms with Crippen LogP contribution in [0, 0.1) is 0 Å². The number of hydrogen-bond acceptors (Lipinski definition) is 4. The molecule has 0 aliphatic heterocycles. The van der Waals surface area contributed by atoms with Crippen molar-refractivity contribution in [2.24, 2.45) is 0 Å². The van der Waals surface area contributed by atoms with E-state index in [1.165, 1.54) is 0 Å². The maximum Gasteiger partial charge on any atom is 0.313 e. The molecule has 3 aromatic carbocycles. The molecule has 0 saturated heterocycles. The van der Waals surface area contributed by atoms with Gasteiger partial charge in [0.05, 0.1) is 13.7 Å². The lowest BCUT2D eigenvalue weighted by molar-refractivity contribution is -0.136. The Morgan fingerprint density at radius 3 is 2.41 bits per heavy atom. The predicted molar refractivity (Wildman–Crippen MR) is 104 cm³/mol. The third-order valence-electron chi connectivity index (χ3n) is 3.95. The van der Waals surface area contributed by atoms with E-state index in [2.05, 4.69) is 10.6 Å². The number of hydrogen-bond donors (Lipinski definition) is 2. The summed E-state index contributed by atoms with van der Waals surface area (Å²) in [6.45, 7) is 0.480. The van der Waals surface area contributed by atoms with Crippen molar-refractivity contribution < 1.29 is 19.1 Å². The van der Waals surface area contributed by atoms with E-state index in [1.54, 1.807) is 31.4 Å². The molecule has 0 bridgehead atoms. The molecule has 0 aromatic heterocycles. The Labute approximate surface area is 157 Å². The first-order valence-corrected chi connectivity index (χ1v) is 8.51. The van der Waals surface area contributed by atoms with Crippen LogP contribution in [0.3, 0.4) is 0 Å². The number of benzene rings is 3. The fourth-order valence-corrected chi connectivity index (χ4v) is 2.59. The van der Waals surface area contributed by atoms with Crippen molar-refractivity contribution >= 4 is 28.3 Å². The summed E-state index contributed by atoms with van der Waals surface area (Å²) in [6.07, 6.45) is 0. The van der Waals surface area contributed by atoms with Crippen LogP contribution in [0.15, 0.2) is 66.7 Å². The van der Waals surface area contributed by atoms with Gasteiger partial charge in [0.15, 0.2) is 0 Å². The van der Waals surface area contributed by atoms with E-state index < -0.39 is 11.8 Å². The maximum absolute atomic E-state index is 11.9. The van der Waals surface area contributed by atoms with Crippen molar-refractivity contribution in [3.8, 4) is 11.5 Å². The lowest BCUT2D eigenvalue weighted by Gasteiger charge is -2.10. The molecule has 0 saturated carbocycles. The van der Waals surface area contributed by atoms with Gasteiger partial charge in [0.25, 0.3) is 0 Å². The monoisotopic (exact) mass is 364 g/mol. The van der Waals surface area contributed by atoms with E-state index >= 15 is 0 Å². The molecule has 0 atom stereocenters.